The first-order valence-electron chi connectivity index (χ1n) is 7.92. The maximum atomic E-state index is 11.5. The molecule has 0 aliphatic carbocycles. The molecule has 2 aromatic rings. The van der Waals surface area contributed by atoms with Gasteiger partial charge in [-0.1, -0.05) is 11.8 Å². The van der Waals surface area contributed by atoms with Crippen molar-refractivity contribution in [2.45, 2.75) is 32.8 Å². The fourth-order valence-corrected chi connectivity index (χ4v) is 2.06. The van der Waals surface area contributed by atoms with E-state index in [2.05, 4.69) is 17.2 Å². The van der Waals surface area contributed by atoms with Crippen LogP contribution in [0.25, 0.3) is 11.0 Å². The lowest BCUT2D eigenvalue weighted by Crippen LogP contribution is -2.32. The van der Waals surface area contributed by atoms with Crippen molar-refractivity contribution >= 4 is 23.0 Å². The Kier molecular flexibility index (Phi) is 5.68. The fourth-order valence-electron chi connectivity index (χ4n) is 2.06. The van der Waals surface area contributed by atoms with Crippen LogP contribution in [0.15, 0.2) is 33.5 Å². The van der Waals surface area contributed by atoms with Crippen molar-refractivity contribution in [2.75, 3.05) is 6.54 Å². The second kappa shape index (κ2) is 7.74. The molecule has 1 aromatic heterocycles. The van der Waals surface area contributed by atoms with Crippen molar-refractivity contribution in [3.8, 4) is 11.8 Å². The number of carboxylic acids is 1. The van der Waals surface area contributed by atoms with Crippen LogP contribution in [-0.4, -0.2) is 29.3 Å². The molecule has 136 valence electrons. The van der Waals surface area contributed by atoms with E-state index in [9.17, 15) is 14.4 Å². The largest absolute Gasteiger partial charge is 0.477 e. The topological polar surface area (TPSA) is 106 Å². The minimum absolute atomic E-state index is 0.289. The van der Waals surface area contributed by atoms with Crippen molar-refractivity contribution in [2.24, 2.45) is 0 Å². The van der Waals surface area contributed by atoms with Crippen molar-refractivity contribution in [3.63, 3.8) is 0 Å². The molecule has 0 saturated carbocycles. The highest BCUT2D eigenvalue weighted by atomic mass is 16.6. The molecule has 2 rings (SSSR count). The highest BCUT2D eigenvalue weighted by Gasteiger charge is 2.15. The zero-order valence-electron chi connectivity index (χ0n) is 14.7. The second-order valence-electron chi connectivity index (χ2n) is 6.49. The molecule has 0 fully saturated rings. The van der Waals surface area contributed by atoms with Gasteiger partial charge in [-0.05, 0) is 45.0 Å². The van der Waals surface area contributed by atoms with Gasteiger partial charge in [0.1, 0.15) is 16.7 Å². The normalized spacial score (nSPS) is 10.7. The third-order valence-corrected chi connectivity index (χ3v) is 3.11. The number of amides is 1. The van der Waals surface area contributed by atoms with Gasteiger partial charge in [-0.25, -0.2) is 14.4 Å². The molecular formula is C19H19NO6. The second-order valence-corrected chi connectivity index (χ2v) is 6.49. The van der Waals surface area contributed by atoms with E-state index in [4.69, 9.17) is 14.3 Å². The molecule has 0 radical (unpaired) electrons. The van der Waals surface area contributed by atoms with E-state index in [0.717, 1.165) is 0 Å². The molecule has 0 atom stereocenters. The van der Waals surface area contributed by atoms with E-state index in [1.54, 1.807) is 39.0 Å². The highest BCUT2D eigenvalue weighted by Crippen LogP contribution is 2.15. The van der Waals surface area contributed by atoms with E-state index in [1.165, 1.54) is 6.07 Å². The van der Waals surface area contributed by atoms with Crippen molar-refractivity contribution < 1.29 is 23.8 Å². The summed E-state index contributed by atoms with van der Waals surface area (Å²) in [6.45, 7) is 5.69. The number of carbonyl (C=O) groups excluding carboxylic acids is 1. The summed E-state index contributed by atoms with van der Waals surface area (Å²) < 4.78 is 10.1. The smallest absolute Gasteiger partial charge is 0.407 e. The number of fused-ring (bicyclic) bond motifs is 1. The molecule has 0 saturated heterocycles. The standard InChI is InChI=1S/C19H19NO6/c1-19(2,3)26-18(24)20-9-5-4-6-12-7-8-15-13(10-12)11-14(16(21)22)17(23)25-15/h7-8,10-11H,5,9H2,1-3H3,(H,20,24)(H,21,22). The lowest BCUT2D eigenvalue weighted by molar-refractivity contribution is 0.0528. The summed E-state index contributed by atoms with van der Waals surface area (Å²) in [5.74, 6) is 4.47. The van der Waals surface area contributed by atoms with Crippen LogP contribution in [0, 0.1) is 11.8 Å². The van der Waals surface area contributed by atoms with E-state index >= 15 is 0 Å². The summed E-state index contributed by atoms with van der Waals surface area (Å²) in [6.07, 6.45) is -0.0807. The van der Waals surface area contributed by atoms with Gasteiger partial charge in [-0.15, -0.1) is 0 Å². The number of hydrogen-bond acceptors (Lipinski definition) is 5. The first-order chi connectivity index (χ1) is 12.2. The molecular weight excluding hydrogens is 338 g/mol. The third-order valence-electron chi connectivity index (χ3n) is 3.11. The lowest BCUT2D eigenvalue weighted by atomic mass is 10.1. The van der Waals surface area contributed by atoms with Crippen LogP contribution in [-0.2, 0) is 4.74 Å². The number of carbonyl (C=O) groups is 2. The third kappa shape index (κ3) is 5.38. The van der Waals surface area contributed by atoms with E-state index in [-0.39, 0.29) is 5.58 Å². The molecule has 0 unspecified atom stereocenters. The maximum absolute atomic E-state index is 11.5. The van der Waals surface area contributed by atoms with E-state index in [0.29, 0.717) is 23.9 Å². The Morgan fingerprint density at radius 2 is 2.00 bits per heavy atom. The summed E-state index contributed by atoms with van der Waals surface area (Å²) >= 11 is 0. The summed E-state index contributed by atoms with van der Waals surface area (Å²) in [5, 5.41) is 12.1. The summed E-state index contributed by atoms with van der Waals surface area (Å²) in [5.41, 5.74) is -0.941. The first kappa shape index (κ1) is 19.1. The van der Waals surface area contributed by atoms with Gasteiger partial charge in [-0.2, -0.15) is 0 Å². The summed E-state index contributed by atoms with van der Waals surface area (Å²) in [6, 6.07) is 6.13. The minimum atomic E-state index is -1.34. The molecule has 2 N–H and O–H groups in total. The number of benzene rings is 1. The number of hydrogen-bond donors (Lipinski definition) is 2. The Morgan fingerprint density at radius 1 is 1.27 bits per heavy atom. The quantitative estimate of drug-likeness (QED) is 0.497. The summed E-state index contributed by atoms with van der Waals surface area (Å²) in [7, 11) is 0. The highest BCUT2D eigenvalue weighted by molar-refractivity contribution is 5.91. The van der Waals surface area contributed by atoms with Crippen molar-refractivity contribution in [1.29, 1.82) is 0 Å². The van der Waals surface area contributed by atoms with Crippen LogP contribution in [0.4, 0.5) is 4.79 Å². The molecule has 1 heterocycles. The van der Waals surface area contributed by atoms with Crippen molar-refractivity contribution in [1.82, 2.24) is 5.32 Å². The minimum Gasteiger partial charge on any atom is -0.477 e. The first-order valence-corrected chi connectivity index (χ1v) is 7.92. The molecule has 1 aromatic carbocycles. The molecule has 0 aliphatic rings. The van der Waals surface area contributed by atoms with E-state index in [1.807, 2.05) is 0 Å². The predicted molar refractivity (Wildman–Crippen MR) is 95.2 cm³/mol. The molecule has 1 amide bonds. The van der Waals surface area contributed by atoms with Crippen LogP contribution >= 0.6 is 0 Å². The number of ether oxygens (including phenoxy) is 1. The SMILES string of the molecule is CC(C)(C)OC(=O)NCCC#Cc1ccc2oc(=O)c(C(=O)O)cc2c1. The Hall–Kier alpha value is -3.27. The Labute approximate surface area is 150 Å². The molecule has 26 heavy (non-hydrogen) atoms. The lowest BCUT2D eigenvalue weighted by Gasteiger charge is -2.19. The van der Waals surface area contributed by atoms with Gasteiger partial charge in [0.05, 0.1) is 0 Å². The molecule has 7 heteroatoms. The maximum Gasteiger partial charge on any atom is 0.407 e. The molecule has 7 nitrogen and oxygen atoms in total. The van der Waals surface area contributed by atoms with Crippen LogP contribution < -0.4 is 10.9 Å². The van der Waals surface area contributed by atoms with Gasteiger partial charge in [0, 0.05) is 23.9 Å². The predicted octanol–water partition coefficient (Wildman–Crippen LogP) is 2.76. The van der Waals surface area contributed by atoms with Gasteiger partial charge in [0.25, 0.3) is 0 Å². The van der Waals surface area contributed by atoms with Gasteiger partial charge in [0.2, 0.25) is 0 Å². The molecule has 0 aliphatic heterocycles. The molecule has 0 spiro atoms. The zero-order valence-corrected chi connectivity index (χ0v) is 14.7. The zero-order chi connectivity index (χ0) is 19.3. The Bertz CT molecular complexity index is 956. The molecule has 0 bridgehead atoms. The van der Waals surface area contributed by atoms with Crippen LogP contribution in [0.3, 0.4) is 0 Å². The van der Waals surface area contributed by atoms with Gasteiger partial charge in [0.15, 0.2) is 0 Å². The number of nitrogens with one attached hydrogen (secondary N) is 1. The monoisotopic (exact) mass is 357 g/mol. The van der Waals surface area contributed by atoms with Gasteiger partial charge in [-0.3, -0.25) is 0 Å². The van der Waals surface area contributed by atoms with Crippen LogP contribution in [0.5, 0.6) is 0 Å². The number of alkyl carbamates (subject to hydrolysis) is 1. The van der Waals surface area contributed by atoms with Crippen LogP contribution in [0.2, 0.25) is 0 Å². The number of aromatic carboxylic acids is 1. The Morgan fingerprint density at radius 3 is 2.65 bits per heavy atom. The van der Waals surface area contributed by atoms with Crippen molar-refractivity contribution in [3.05, 3.63) is 45.8 Å². The van der Waals surface area contributed by atoms with Gasteiger partial charge < -0.3 is 19.6 Å². The van der Waals surface area contributed by atoms with E-state index < -0.39 is 28.9 Å². The number of rotatable bonds is 3. The Balaban J connectivity index is 2.02. The summed E-state index contributed by atoms with van der Waals surface area (Å²) in [4.78, 5) is 34.0. The average molecular weight is 357 g/mol. The van der Waals surface area contributed by atoms with Gasteiger partial charge >= 0.3 is 17.7 Å². The van der Waals surface area contributed by atoms with Crippen LogP contribution in [0.1, 0.15) is 43.1 Å². The number of carboxylic acid groups (broad SMARTS) is 1. The fraction of sp³-hybridized carbons (Fsp3) is 0.316. The average Bonchev–Trinajstić information content (AvgIpc) is 2.52.